The molecule has 4 aliphatic rings. The largest absolute Gasteiger partial charge is 0.497 e. The summed E-state index contributed by atoms with van der Waals surface area (Å²) in [7, 11) is 1.60. The van der Waals surface area contributed by atoms with E-state index in [-0.39, 0.29) is 36.4 Å². The summed E-state index contributed by atoms with van der Waals surface area (Å²) in [6.45, 7) is 3.97. The van der Waals surface area contributed by atoms with Crippen LogP contribution in [0.1, 0.15) is 83.7 Å². The summed E-state index contributed by atoms with van der Waals surface area (Å²) in [5.41, 5.74) is 1.71. The fraction of sp³-hybridized carbons (Fsp3) is 0.667. The zero-order valence-electron chi connectivity index (χ0n) is 25.4. The van der Waals surface area contributed by atoms with Crippen molar-refractivity contribution in [2.45, 2.75) is 103 Å². The standard InChI is InChI=1S/C33H43N3O7/c1-19-27-18-36(29(19)32(39)40)31(38)22(33(2)13-7-8-14-33)17-28(37)42-26-15-20(26)9-5-4-6-10-24-30(43-27)35-25-16-21(41-3)11-12-23(25)34-24/h11-12,16,19-20,22,26-27,29H,4-10,13-15,17-18H2,1-3H3,(H,39,40)/t19-,20-,22-,26-,27+,29+/m1/s1. The number of hydrogen-bond acceptors (Lipinski definition) is 8. The van der Waals surface area contributed by atoms with Crippen LogP contribution in [0.25, 0.3) is 11.0 Å². The monoisotopic (exact) mass is 593 g/mol. The Bertz CT molecular complexity index is 1390. The zero-order chi connectivity index (χ0) is 30.3. The van der Waals surface area contributed by atoms with Gasteiger partial charge in [0.2, 0.25) is 11.8 Å². The van der Waals surface area contributed by atoms with Gasteiger partial charge in [-0.15, -0.1) is 0 Å². The number of nitrogens with zero attached hydrogens (tertiary/aromatic N) is 3. The molecule has 43 heavy (non-hydrogen) atoms. The third-order valence-electron chi connectivity index (χ3n) is 10.4. The number of esters is 1. The van der Waals surface area contributed by atoms with Gasteiger partial charge in [0.25, 0.3) is 0 Å². The summed E-state index contributed by atoms with van der Waals surface area (Å²) in [6, 6.07) is 4.46. The number of aliphatic carboxylic acids is 1. The number of carboxylic acids is 1. The molecule has 0 radical (unpaired) electrons. The predicted molar refractivity (Wildman–Crippen MR) is 158 cm³/mol. The fourth-order valence-electron chi connectivity index (χ4n) is 7.56. The molecule has 1 aromatic carbocycles. The van der Waals surface area contributed by atoms with Crippen molar-refractivity contribution >= 4 is 28.9 Å². The second kappa shape index (κ2) is 11.9. The molecule has 1 aromatic heterocycles. The highest BCUT2D eigenvalue weighted by molar-refractivity contribution is 5.89. The Kier molecular flexibility index (Phi) is 8.22. The van der Waals surface area contributed by atoms with Gasteiger partial charge in [-0.2, -0.15) is 0 Å². The summed E-state index contributed by atoms with van der Waals surface area (Å²) in [5, 5.41) is 10.3. The number of aryl methyl sites for hydroxylation is 1. The van der Waals surface area contributed by atoms with Gasteiger partial charge >= 0.3 is 11.9 Å². The molecule has 1 saturated heterocycles. The van der Waals surface area contributed by atoms with Gasteiger partial charge in [0.1, 0.15) is 29.7 Å². The van der Waals surface area contributed by atoms with E-state index >= 15 is 0 Å². The van der Waals surface area contributed by atoms with Gasteiger partial charge < -0.3 is 24.2 Å². The molecule has 1 N–H and O–H groups in total. The van der Waals surface area contributed by atoms with E-state index in [0.717, 1.165) is 69.0 Å². The molecule has 0 spiro atoms. The molecular weight excluding hydrogens is 550 g/mol. The molecule has 3 heterocycles. The summed E-state index contributed by atoms with van der Waals surface area (Å²) in [5.74, 6) is -1.47. The number of benzene rings is 1. The minimum absolute atomic E-state index is 0.0244. The van der Waals surface area contributed by atoms with E-state index in [2.05, 4.69) is 6.92 Å². The summed E-state index contributed by atoms with van der Waals surface area (Å²) >= 11 is 0. The maximum absolute atomic E-state index is 14.3. The summed E-state index contributed by atoms with van der Waals surface area (Å²) in [4.78, 5) is 51.3. The molecule has 2 aliphatic carbocycles. The Labute approximate surface area is 252 Å². The first-order valence-corrected chi connectivity index (χ1v) is 15.9. The van der Waals surface area contributed by atoms with E-state index in [1.165, 1.54) is 4.90 Å². The average molecular weight is 594 g/mol. The van der Waals surface area contributed by atoms with Crippen LogP contribution in [0.4, 0.5) is 0 Å². The number of carboxylic acid groups (broad SMARTS) is 1. The number of amides is 1. The minimum atomic E-state index is -1.08. The number of rotatable bonds is 3. The number of fused-ring (bicyclic) bond motifs is 5. The SMILES string of the molecule is COc1ccc2nc3c(nc2c1)O[C@H]1CN(C(=O)[C@H](C2(C)CCCC2)CC(=O)O[C@@H]2C[C@H]2CCCCC3)[C@H](C(=O)O)[C@@H]1C. The van der Waals surface area contributed by atoms with Crippen molar-refractivity contribution in [2.24, 2.45) is 23.2 Å². The first-order chi connectivity index (χ1) is 20.7. The van der Waals surface area contributed by atoms with Crippen LogP contribution in [0.3, 0.4) is 0 Å². The minimum Gasteiger partial charge on any atom is -0.497 e. The molecule has 3 fully saturated rings. The maximum atomic E-state index is 14.3. The molecule has 6 rings (SSSR count). The first kappa shape index (κ1) is 29.6. The molecule has 2 aliphatic heterocycles. The number of ether oxygens (including phenoxy) is 3. The molecule has 2 aromatic rings. The third kappa shape index (κ3) is 6.02. The first-order valence-electron chi connectivity index (χ1n) is 15.9. The Hall–Kier alpha value is -3.43. The lowest BCUT2D eigenvalue weighted by Crippen LogP contribution is -2.49. The van der Waals surface area contributed by atoms with E-state index in [1.807, 2.05) is 25.1 Å². The lowest BCUT2D eigenvalue weighted by atomic mass is 9.73. The van der Waals surface area contributed by atoms with Gasteiger partial charge in [-0.25, -0.2) is 14.8 Å². The van der Waals surface area contributed by atoms with Gasteiger partial charge in [0.05, 0.1) is 37.0 Å². The van der Waals surface area contributed by atoms with Crippen molar-refractivity contribution in [2.75, 3.05) is 13.7 Å². The van der Waals surface area contributed by atoms with Crippen LogP contribution in [0.2, 0.25) is 0 Å². The van der Waals surface area contributed by atoms with Gasteiger partial charge in [-0.3, -0.25) is 9.59 Å². The molecule has 10 nitrogen and oxygen atoms in total. The van der Waals surface area contributed by atoms with Crippen molar-refractivity contribution in [3.05, 3.63) is 23.9 Å². The number of carbonyl (C=O) groups excluding carboxylic acids is 2. The highest BCUT2D eigenvalue weighted by Crippen LogP contribution is 2.48. The van der Waals surface area contributed by atoms with Crippen molar-refractivity contribution in [3.8, 4) is 11.6 Å². The Balaban J connectivity index is 1.36. The van der Waals surface area contributed by atoms with Crippen molar-refractivity contribution in [3.63, 3.8) is 0 Å². The molecule has 2 saturated carbocycles. The van der Waals surface area contributed by atoms with Crippen LogP contribution in [-0.2, 0) is 25.5 Å². The van der Waals surface area contributed by atoms with E-state index in [4.69, 9.17) is 24.2 Å². The summed E-state index contributed by atoms with van der Waals surface area (Å²) < 4.78 is 17.8. The van der Waals surface area contributed by atoms with E-state index in [0.29, 0.717) is 29.5 Å². The number of methoxy groups -OCH3 is 1. The van der Waals surface area contributed by atoms with Gasteiger partial charge in [-0.1, -0.05) is 39.5 Å². The maximum Gasteiger partial charge on any atom is 0.326 e. The Morgan fingerprint density at radius 1 is 1.05 bits per heavy atom. The van der Waals surface area contributed by atoms with Crippen molar-refractivity contribution < 1.29 is 33.7 Å². The normalized spacial score (nSPS) is 31.3. The molecule has 232 valence electrons. The smallest absolute Gasteiger partial charge is 0.326 e. The van der Waals surface area contributed by atoms with E-state index in [9.17, 15) is 19.5 Å². The summed E-state index contributed by atoms with van der Waals surface area (Å²) in [6.07, 6.45) is 8.37. The average Bonchev–Trinajstić information content (AvgIpc) is 3.39. The number of hydrogen-bond donors (Lipinski definition) is 1. The van der Waals surface area contributed by atoms with Crippen LogP contribution >= 0.6 is 0 Å². The van der Waals surface area contributed by atoms with Crippen LogP contribution in [-0.4, -0.2) is 69.7 Å². The van der Waals surface area contributed by atoms with Gasteiger partial charge in [0.15, 0.2) is 0 Å². The predicted octanol–water partition coefficient (Wildman–Crippen LogP) is 4.95. The van der Waals surface area contributed by atoms with E-state index in [1.54, 1.807) is 7.11 Å². The molecule has 6 atom stereocenters. The molecular formula is C33H43N3O7. The van der Waals surface area contributed by atoms with Crippen molar-refractivity contribution in [1.82, 2.24) is 14.9 Å². The fourth-order valence-corrected chi connectivity index (χ4v) is 7.56. The van der Waals surface area contributed by atoms with Crippen molar-refractivity contribution in [1.29, 1.82) is 0 Å². The highest BCUT2D eigenvalue weighted by atomic mass is 16.5. The molecule has 1 amide bonds. The second-order valence-electron chi connectivity index (χ2n) is 13.4. The van der Waals surface area contributed by atoms with Gasteiger partial charge in [-0.05, 0) is 62.0 Å². The molecule has 10 heteroatoms. The highest BCUT2D eigenvalue weighted by Gasteiger charge is 2.52. The second-order valence-corrected chi connectivity index (χ2v) is 13.4. The van der Waals surface area contributed by atoms with Crippen LogP contribution < -0.4 is 9.47 Å². The third-order valence-corrected chi connectivity index (χ3v) is 10.4. The lowest BCUT2D eigenvalue weighted by molar-refractivity contribution is -0.157. The van der Waals surface area contributed by atoms with Crippen LogP contribution in [0.5, 0.6) is 11.6 Å². The van der Waals surface area contributed by atoms with Gasteiger partial charge in [0, 0.05) is 12.0 Å². The number of aromatic nitrogens is 2. The topological polar surface area (TPSA) is 128 Å². The molecule has 2 bridgehead atoms. The lowest BCUT2D eigenvalue weighted by Gasteiger charge is -2.36. The number of carbonyl (C=O) groups is 3. The quantitative estimate of drug-likeness (QED) is 0.492. The van der Waals surface area contributed by atoms with E-state index < -0.39 is 30.0 Å². The molecule has 0 unspecified atom stereocenters. The Morgan fingerprint density at radius 3 is 2.58 bits per heavy atom. The Morgan fingerprint density at radius 2 is 1.84 bits per heavy atom. The zero-order valence-corrected chi connectivity index (χ0v) is 25.4. The van der Waals surface area contributed by atoms with Crippen LogP contribution in [0, 0.1) is 23.2 Å². The van der Waals surface area contributed by atoms with Crippen LogP contribution in [0.15, 0.2) is 18.2 Å².